The molecule has 0 radical (unpaired) electrons. The van der Waals surface area contributed by atoms with E-state index < -0.39 is 0 Å². The number of amides is 1. The van der Waals surface area contributed by atoms with Crippen LogP contribution in [0.1, 0.15) is 26.7 Å². The maximum atomic E-state index is 12.1. The van der Waals surface area contributed by atoms with Crippen LogP contribution in [0.15, 0.2) is 11.1 Å². The fourth-order valence-corrected chi connectivity index (χ4v) is 2.01. The van der Waals surface area contributed by atoms with Crippen LogP contribution in [0.5, 0.6) is 0 Å². The largest absolute Gasteiger partial charge is 0.339 e. The molecule has 0 spiro atoms. The summed E-state index contributed by atoms with van der Waals surface area (Å²) >= 11 is 0. The number of rotatable bonds is 3. The van der Waals surface area contributed by atoms with Crippen molar-refractivity contribution in [2.75, 3.05) is 20.1 Å². The van der Waals surface area contributed by atoms with Gasteiger partial charge in [0, 0.05) is 31.8 Å². The summed E-state index contributed by atoms with van der Waals surface area (Å²) in [6.45, 7) is 5.90. The van der Waals surface area contributed by atoms with Crippen LogP contribution in [0.2, 0.25) is 0 Å². The Kier molecular flexibility index (Phi) is 2.83. The van der Waals surface area contributed by atoms with Crippen LogP contribution in [-0.2, 0) is 4.79 Å². The summed E-state index contributed by atoms with van der Waals surface area (Å²) < 4.78 is 0. The zero-order chi connectivity index (χ0) is 11.0. The third-order valence-electron chi connectivity index (χ3n) is 3.76. The van der Waals surface area contributed by atoms with E-state index in [1.54, 1.807) is 0 Å². The Bertz CT molecular complexity index is 299. The molecule has 1 saturated carbocycles. The molecule has 0 aromatic rings. The summed E-state index contributed by atoms with van der Waals surface area (Å²) in [6.07, 6.45) is 2.58. The van der Waals surface area contributed by atoms with Crippen molar-refractivity contribution in [2.24, 2.45) is 5.92 Å². The van der Waals surface area contributed by atoms with Gasteiger partial charge < -0.3 is 10.2 Å². The van der Waals surface area contributed by atoms with Crippen molar-refractivity contribution in [2.45, 2.75) is 32.7 Å². The predicted octanol–water partition coefficient (Wildman–Crippen LogP) is 1.16. The van der Waals surface area contributed by atoms with Gasteiger partial charge in [0.2, 0.25) is 5.91 Å². The van der Waals surface area contributed by atoms with Crippen LogP contribution < -0.4 is 5.32 Å². The smallest absolute Gasteiger partial charge is 0.249 e. The van der Waals surface area contributed by atoms with Crippen molar-refractivity contribution >= 4 is 5.91 Å². The molecule has 1 saturated heterocycles. The van der Waals surface area contributed by atoms with Gasteiger partial charge >= 0.3 is 0 Å². The molecule has 1 heterocycles. The quantitative estimate of drug-likeness (QED) is 0.706. The fourth-order valence-electron chi connectivity index (χ4n) is 2.01. The van der Waals surface area contributed by atoms with Crippen molar-refractivity contribution in [1.29, 1.82) is 0 Å². The average molecular weight is 208 g/mol. The molecule has 2 rings (SSSR count). The van der Waals surface area contributed by atoms with Gasteiger partial charge in [0.15, 0.2) is 0 Å². The lowest BCUT2D eigenvalue weighted by molar-refractivity contribution is -0.128. The van der Waals surface area contributed by atoms with Gasteiger partial charge in [-0.2, -0.15) is 0 Å². The number of hydrogen-bond donors (Lipinski definition) is 1. The highest BCUT2D eigenvalue weighted by atomic mass is 16.2. The molecule has 1 N–H and O–H groups in total. The summed E-state index contributed by atoms with van der Waals surface area (Å²) in [5.41, 5.74) is 2.22. The van der Waals surface area contributed by atoms with E-state index in [0.717, 1.165) is 24.6 Å². The van der Waals surface area contributed by atoms with Gasteiger partial charge in [0.25, 0.3) is 0 Å². The maximum Gasteiger partial charge on any atom is 0.249 e. The SMILES string of the molecule is CC(C(=O)N(C)C(C)C1CC1)=C1CNC1. The van der Waals surface area contributed by atoms with Crippen molar-refractivity contribution in [3.63, 3.8) is 0 Å². The lowest BCUT2D eigenvalue weighted by Gasteiger charge is -2.28. The Morgan fingerprint density at radius 2 is 2.07 bits per heavy atom. The third-order valence-corrected chi connectivity index (χ3v) is 3.76. The van der Waals surface area contributed by atoms with E-state index in [1.165, 1.54) is 18.4 Å². The minimum absolute atomic E-state index is 0.214. The summed E-state index contributed by atoms with van der Waals surface area (Å²) in [4.78, 5) is 14.0. The lowest BCUT2D eigenvalue weighted by Crippen LogP contribution is -2.41. The van der Waals surface area contributed by atoms with Gasteiger partial charge in [-0.05, 0) is 38.2 Å². The van der Waals surface area contributed by atoms with Gasteiger partial charge in [-0.15, -0.1) is 0 Å². The lowest BCUT2D eigenvalue weighted by atomic mass is 10.0. The second-order valence-corrected chi connectivity index (χ2v) is 4.83. The van der Waals surface area contributed by atoms with Crippen molar-refractivity contribution < 1.29 is 4.79 Å². The first-order chi connectivity index (χ1) is 7.11. The summed E-state index contributed by atoms with van der Waals surface area (Å²) in [5.74, 6) is 0.960. The molecular formula is C12H20N2O. The second kappa shape index (κ2) is 3.97. The number of carbonyl (C=O) groups excluding carboxylic acids is 1. The monoisotopic (exact) mass is 208 g/mol. The highest BCUT2D eigenvalue weighted by molar-refractivity contribution is 5.94. The minimum Gasteiger partial charge on any atom is -0.339 e. The minimum atomic E-state index is 0.214. The Hall–Kier alpha value is -0.830. The van der Waals surface area contributed by atoms with E-state index in [0.29, 0.717) is 6.04 Å². The van der Waals surface area contributed by atoms with Crippen LogP contribution in [-0.4, -0.2) is 37.0 Å². The molecule has 0 aromatic heterocycles. The molecule has 1 amide bonds. The average Bonchev–Trinajstić information content (AvgIpc) is 2.94. The van der Waals surface area contributed by atoms with Crippen LogP contribution in [0, 0.1) is 5.92 Å². The standard InChI is InChI=1S/C12H20N2O/c1-8(11-6-13-7-11)12(15)14(3)9(2)10-4-5-10/h9-10,13H,4-7H2,1-3H3. The Morgan fingerprint density at radius 1 is 1.47 bits per heavy atom. The second-order valence-electron chi connectivity index (χ2n) is 4.83. The van der Waals surface area contributed by atoms with Crippen LogP contribution in [0.4, 0.5) is 0 Å². The molecule has 1 aliphatic heterocycles. The van der Waals surface area contributed by atoms with E-state index in [1.807, 2.05) is 18.9 Å². The van der Waals surface area contributed by atoms with E-state index in [9.17, 15) is 4.79 Å². The van der Waals surface area contributed by atoms with E-state index >= 15 is 0 Å². The molecule has 3 nitrogen and oxygen atoms in total. The Morgan fingerprint density at radius 3 is 2.47 bits per heavy atom. The van der Waals surface area contributed by atoms with Crippen molar-refractivity contribution in [3.8, 4) is 0 Å². The van der Waals surface area contributed by atoms with Gasteiger partial charge in [0.1, 0.15) is 0 Å². The fraction of sp³-hybridized carbons (Fsp3) is 0.750. The van der Waals surface area contributed by atoms with E-state index in [-0.39, 0.29) is 5.91 Å². The third kappa shape index (κ3) is 2.07. The molecule has 15 heavy (non-hydrogen) atoms. The predicted molar refractivity (Wildman–Crippen MR) is 60.5 cm³/mol. The topological polar surface area (TPSA) is 32.3 Å². The van der Waals surface area contributed by atoms with Crippen molar-refractivity contribution in [1.82, 2.24) is 10.2 Å². The van der Waals surface area contributed by atoms with Crippen LogP contribution >= 0.6 is 0 Å². The van der Waals surface area contributed by atoms with E-state index in [4.69, 9.17) is 0 Å². The van der Waals surface area contributed by atoms with Gasteiger partial charge in [-0.25, -0.2) is 0 Å². The number of hydrogen-bond acceptors (Lipinski definition) is 2. The van der Waals surface area contributed by atoms with Crippen molar-refractivity contribution in [3.05, 3.63) is 11.1 Å². The Labute approximate surface area is 91.5 Å². The molecule has 2 fully saturated rings. The molecule has 0 aromatic carbocycles. The Balaban J connectivity index is 1.99. The zero-order valence-electron chi connectivity index (χ0n) is 9.84. The molecular weight excluding hydrogens is 188 g/mol. The van der Waals surface area contributed by atoms with Gasteiger partial charge in [-0.1, -0.05) is 0 Å². The first-order valence-corrected chi connectivity index (χ1v) is 5.77. The van der Waals surface area contributed by atoms with Gasteiger partial charge in [0.05, 0.1) is 0 Å². The molecule has 1 unspecified atom stereocenters. The maximum absolute atomic E-state index is 12.1. The van der Waals surface area contributed by atoms with Crippen LogP contribution in [0.25, 0.3) is 0 Å². The zero-order valence-corrected chi connectivity index (χ0v) is 9.84. The number of nitrogens with one attached hydrogen (secondary N) is 1. The first-order valence-electron chi connectivity index (χ1n) is 5.77. The number of nitrogens with zero attached hydrogens (tertiary/aromatic N) is 1. The molecule has 2 aliphatic rings. The molecule has 0 bridgehead atoms. The summed E-state index contributed by atoms with van der Waals surface area (Å²) in [5, 5.41) is 3.17. The number of carbonyl (C=O) groups is 1. The molecule has 3 heteroatoms. The summed E-state index contributed by atoms with van der Waals surface area (Å²) in [7, 11) is 1.93. The van der Waals surface area contributed by atoms with E-state index in [2.05, 4.69) is 12.2 Å². The molecule has 84 valence electrons. The highest BCUT2D eigenvalue weighted by Crippen LogP contribution is 2.35. The molecule has 1 atom stereocenters. The number of likely N-dealkylation sites (N-methyl/N-ethyl adjacent to an activating group) is 1. The van der Waals surface area contributed by atoms with Gasteiger partial charge in [-0.3, -0.25) is 4.79 Å². The first kappa shape index (κ1) is 10.7. The summed E-state index contributed by atoms with van der Waals surface area (Å²) in [6, 6.07) is 0.404. The highest BCUT2D eigenvalue weighted by Gasteiger charge is 2.33. The van der Waals surface area contributed by atoms with Crippen LogP contribution in [0.3, 0.4) is 0 Å². The normalized spacial score (nSPS) is 21.9. The molecule has 1 aliphatic carbocycles.